The minimum atomic E-state index is -0.119. The third-order valence-electron chi connectivity index (χ3n) is 6.52. The van der Waals surface area contributed by atoms with Gasteiger partial charge in [-0.15, -0.1) is 0 Å². The Labute approximate surface area is 191 Å². The predicted octanol–water partition coefficient (Wildman–Crippen LogP) is 3.64. The number of urea groups is 1. The maximum Gasteiger partial charge on any atom is 0.315 e. The van der Waals surface area contributed by atoms with Crippen molar-refractivity contribution in [3.05, 3.63) is 59.7 Å². The minimum absolute atomic E-state index is 0.0294. The Balaban J connectivity index is 1.09. The molecule has 4 rings (SSSR count). The molecule has 2 amide bonds. The van der Waals surface area contributed by atoms with Gasteiger partial charge in [0.2, 0.25) is 0 Å². The molecule has 1 atom stereocenters. The lowest BCUT2D eigenvalue weighted by Gasteiger charge is -2.32. The number of likely N-dealkylation sites (tertiary alicyclic amines) is 1. The van der Waals surface area contributed by atoms with E-state index in [1.165, 1.54) is 24.8 Å². The Morgan fingerprint density at radius 3 is 2.75 bits per heavy atom. The number of carbonyl (C=O) groups excluding carboxylic acids is 1. The fourth-order valence-corrected chi connectivity index (χ4v) is 4.69. The molecule has 2 N–H and O–H groups in total. The highest BCUT2D eigenvalue weighted by Crippen LogP contribution is 2.28. The van der Waals surface area contributed by atoms with Gasteiger partial charge in [0.1, 0.15) is 18.1 Å². The molecular weight excluding hydrogens is 402 g/mol. The molecule has 2 aromatic rings. The first-order chi connectivity index (χ1) is 15.7. The number of nitrogens with zero attached hydrogens (tertiary/aromatic N) is 1. The summed E-state index contributed by atoms with van der Waals surface area (Å²) in [5, 5.41) is 6.04. The Hall–Kier alpha value is -2.73. The zero-order valence-corrected chi connectivity index (χ0v) is 19.0. The average Bonchev–Trinajstić information content (AvgIpc) is 2.83. The predicted molar refractivity (Wildman–Crippen MR) is 126 cm³/mol. The molecule has 0 saturated carbocycles. The summed E-state index contributed by atoms with van der Waals surface area (Å²) in [5.74, 6) is 2.47. The Morgan fingerprint density at radius 2 is 1.97 bits per heavy atom. The Kier molecular flexibility index (Phi) is 7.88. The van der Waals surface area contributed by atoms with Gasteiger partial charge in [-0.05, 0) is 87.0 Å². The van der Waals surface area contributed by atoms with Crippen LogP contribution in [0.3, 0.4) is 0 Å². The van der Waals surface area contributed by atoms with Gasteiger partial charge in [0.15, 0.2) is 0 Å². The van der Waals surface area contributed by atoms with Crippen LogP contribution in [0.1, 0.15) is 30.4 Å². The maximum atomic E-state index is 12.3. The van der Waals surface area contributed by atoms with Crippen molar-refractivity contribution in [2.24, 2.45) is 5.92 Å². The van der Waals surface area contributed by atoms with Gasteiger partial charge >= 0.3 is 6.03 Å². The number of carbonyl (C=O) groups is 1. The first kappa shape index (κ1) is 22.5. The molecular formula is C26H35N3O3. The van der Waals surface area contributed by atoms with E-state index in [4.69, 9.17) is 9.47 Å². The molecule has 2 heterocycles. The van der Waals surface area contributed by atoms with E-state index >= 15 is 0 Å². The third kappa shape index (κ3) is 6.39. The van der Waals surface area contributed by atoms with E-state index in [9.17, 15) is 4.79 Å². The molecule has 2 aliphatic heterocycles. The number of hydrogen-bond donors (Lipinski definition) is 2. The summed E-state index contributed by atoms with van der Waals surface area (Å²) in [7, 11) is 1.65. The Morgan fingerprint density at radius 1 is 1.16 bits per heavy atom. The zero-order chi connectivity index (χ0) is 22.2. The molecule has 2 aliphatic rings. The highest BCUT2D eigenvalue weighted by atomic mass is 16.5. The number of piperidine rings is 1. The van der Waals surface area contributed by atoms with Crippen molar-refractivity contribution < 1.29 is 14.3 Å². The molecule has 0 spiro atoms. The molecule has 0 aliphatic carbocycles. The second kappa shape index (κ2) is 11.2. The first-order valence-electron chi connectivity index (χ1n) is 11.8. The van der Waals surface area contributed by atoms with E-state index in [1.54, 1.807) is 7.11 Å². The number of hydrogen-bond acceptors (Lipinski definition) is 4. The van der Waals surface area contributed by atoms with Crippen LogP contribution in [-0.4, -0.2) is 56.9 Å². The van der Waals surface area contributed by atoms with Gasteiger partial charge in [0, 0.05) is 6.54 Å². The van der Waals surface area contributed by atoms with Crippen LogP contribution in [0.25, 0.3) is 0 Å². The van der Waals surface area contributed by atoms with Crippen molar-refractivity contribution in [2.75, 3.05) is 39.9 Å². The lowest BCUT2D eigenvalue weighted by molar-refractivity contribution is 0.181. The number of rotatable bonds is 8. The smallest absolute Gasteiger partial charge is 0.315 e. The van der Waals surface area contributed by atoms with Crippen LogP contribution in [-0.2, 0) is 12.8 Å². The fourth-order valence-electron chi connectivity index (χ4n) is 4.69. The maximum absolute atomic E-state index is 12.3. The van der Waals surface area contributed by atoms with Gasteiger partial charge in [-0.1, -0.05) is 30.3 Å². The lowest BCUT2D eigenvalue weighted by atomic mass is 9.90. The number of fused-ring (bicyclic) bond motifs is 1. The third-order valence-corrected chi connectivity index (χ3v) is 6.52. The molecule has 2 aromatic carbocycles. The van der Waals surface area contributed by atoms with Crippen LogP contribution in [0.4, 0.5) is 4.79 Å². The largest absolute Gasteiger partial charge is 0.497 e. The Bertz CT molecular complexity index is 866. The topological polar surface area (TPSA) is 62.8 Å². The molecule has 0 radical (unpaired) electrons. The molecule has 32 heavy (non-hydrogen) atoms. The van der Waals surface area contributed by atoms with Gasteiger partial charge in [-0.25, -0.2) is 4.79 Å². The SMILES string of the molecule is COc1ccc2c(c1)C[C@H](NC(=O)NCCCN1CCC(Cc3ccccc3)CC1)CO2. The molecule has 0 bridgehead atoms. The highest BCUT2D eigenvalue weighted by Gasteiger charge is 2.22. The minimum Gasteiger partial charge on any atom is -0.497 e. The quantitative estimate of drug-likeness (QED) is 0.619. The van der Waals surface area contributed by atoms with Crippen LogP contribution in [0.2, 0.25) is 0 Å². The molecule has 0 unspecified atom stereocenters. The van der Waals surface area contributed by atoms with E-state index < -0.39 is 0 Å². The van der Waals surface area contributed by atoms with Crippen molar-refractivity contribution in [3.8, 4) is 11.5 Å². The van der Waals surface area contributed by atoms with E-state index in [-0.39, 0.29) is 12.1 Å². The standard InChI is InChI=1S/C26H35N3O3/c1-31-24-8-9-25-22(18-24)17-23(19-32-25)28-26(30)27-12-5-13-29-14-10-21(11-15-29)16-20-6-3-2-4-7-20/h2-4,6-9,18,21,23H,5,10-17,19H2,1H3,(H2,27,28,30)/t23-/m0/s1. The van der Waals surface area contributed by atoms with E-state index in [0.717, 1.165) is 55.5 Å². The second-order valence-corrected chi connectivity index (χ2v) is 8.91. The van der Waals surface area contributed by atoms with Crippen molar-refractivity contribution in [1.29, 1.82) is 0 Å². The van der Waals surface area contributed by atoms with Crippen LogP contribution in [0, 0.1) is 5.92 Å². The van der Waals surface area contributed by atoms with E-state index in [1.807, 2.05) is 18.2 Å². The first-order valence-corrected chi connectivity index (χ1v) is 11.8. The van der Waals surface area contributed by atoms with Gasteiger partial charge in [0.25, 0.3) is 0 Å². The van der Waals surface area contributed by atoms with E-state index in [2.05, 4.69) is 45.9 Å². The summed E-state index contributed by atoms with van der Waals surface area (Å²) in [6.45, 7) is 4.54. The van der Waals surface area contributed by atoms with Gasteiger partial charge in [0.05, 0.1) is 13.2 Å². The molecule has 0 aromatic heterocycles. The number of benzene rings is 2. The lowest BCUT2D eigenvalue weighted by Crippen LogP contribution is -2.47. The van der Waals surface area contributed by atoms with Gasteiger partial charge in [-0.2, -0.15) is 0 Å². The highest BCUT2D eigenvalue weighted by molar-refractivity contribution is 5.74. The molecule has 6 heteroatoms. The van der Waals surface area contributed by atoms with Gasteiger partial charge < -0.3 is 25.0 Å². The van der Waals surface area contributed by atoms with Crippen LogP contribution in [0.15, 0.2) is 48.5 Å². The monoisotopic (exact) mass is 437 g/mol. The van der Waals surface area contributed by atoms with Crippen LogP contribution in [0.5, 0.6) is 11.5 Å². The number of methoxy groups -OCH3 is 1. The molecule has 172 valence electrons. The molecule has 1 fully saturated rings. The van der Waals surface area contributed by atoms with Crippen LogP contribution >= 0.6 is 0 Å². The summed E-state index contributed by atoms with van der Waals surface area (Å²) in [4.78, 5) is 14.8. The molecule has 1 saturated heterocycles. The fraction of sp³-hybridized carbons (Fsp3) is 0.500. The summed E-state index contributed by atoms with van der Waals surface area (Å²) in [5.41, 5.74) is 2.52. The molecule has 6 nitrogen and oxygen atoms in total. The number of amides is 2. The van der Waals surface area contributed by atoms with Gasteiger partial charge in [-0.3, -0.25) is 0 Å². The van der Waals surface area contributed by atoms with Crippen molar-refractivity contribution in [2.45, 2.75) is 38.1 Å². The van der Waals surface area contributed by atoms with Crippen LogP contribution < -0.4 is 20.1 Å². The van der Waals surface area contributed by atoms with Crippen molar-refractivity contribution >= 4 is 6.03 Å². The summed E-state index contributed by atoms with van der Waals surface area (Å²) < 4.78 is 11.1. The van der Waals surface area contributed by atoms with Crippen molar-refractivity contribution in [3.63, 3.8) is 0 Å². The summed E-state index contributed by atoms with van der Waals surface area (Å²) >= 11 is 0. The second-order valence-electron chi connectivity index (χ2n) is 8.91. The number of ether oxygens (including phenoxy) is 2. The average molecular weight is 438 g/mol. The zero-order valence-electron chi connectivity index (χ0n) is 19.0. The normalized spacial score (nSPS) is 19.0. The number of nitrogens with one attached hydrogen (secondary N) is 2. The summed E-state index contributed by atoms with van der Waals surface area (Å²) in [6.07, 6.45) is 5.43. The van der Waals surface area contributed by atoms with Crippen molar-refractivity contribution in [1.82, 2.24) is 15.5 Å². The van der Waals surface area contributed by atoms with E-state index in [0.29, 0.717) is 13.2 Å². The summed E-state index contributed by atoms with van der Waals surface area (Å²) in [6, 6.07) is 16.5.